The second-order valence-corrected chi connectivity index (χ2v) is 4.49. The molecule has 0 aromatic rings. The van der Waals surface area contributed by atoms with E-state index >= 15 is 0 Å². The van der Waals surface area contributed by atoms with Gasteiger partial charge in [-0.2, -0.15) is 0 Å². The van der Waals surface area contributed by atoms with Crippen molar-refractivity contribution in [3.63, 3.8) is 0 Å². The Morgan fingerprint density at radius 1 is 1.00 bits per heavy atom. The minimum atomic E-state index is 0.782. The molecule has 14 heavy (non-hydrogen) atoms. The molecule has 84 valence electrons. The van der Waals surface area contributed by atoms with Crippen molar-refractivity contribution < 1.29 is 4.59 Å². The molecule has 0 spiro atoms. The molecular weight excluding hydrogens is 172 g/mol. The summed E-state index contributed by atoms with van der Waals surface area (Å²) in [7, 11) is 4.32. The van der Waals surface area contributed by atoms with Gasteiger partial charge in [0.2, 0.25) is 0 Å². The van der Waals surface area contributed by atoms with E-state index in [1.807, 2.05) is 13.1 Å². The Kier molecular flexibility index (Phi) is 7.77. The average molecular weight is 199 g/mol. The van der Waals surface area contributed by atoms with Gasteiger partial charge in [-0.3, -0.25) is 0 Å². The Balaban J connectivity index is 3.35. The van der Waals surface area contributed by atoms with Crippen LogP contribution in [0.4, 0.5) is 0 Å². The minimum absolute atomic E-state index is 0.782. The van der Waals surface area contributed by atoms with Crippen LogP contribution in [-0.4, -0.2) is 31.4 Å². The summed E-state index contributed by atoms with van der Waals surface area (Å²) >= 11 is 0. The van der Waals surface area contributed by atoms with Gasteiger partial charge in [-0.15, -0.1) is 0 Å². The standard InChI is InChI=1S/C12H27N2/c1-5-7-8-9-10-11-12-14(3,4)13-6-2/h6H,5,7-12H2,1-4H3/q+1/b13-6+. The van der Waals surface area contributed by atoms with Gasteiger partial charge in [0.05, 0.1) is 20.3 Å². The van der Waals surface area contributed by atoms with Crippen molar-refractivity contribution in [2.45, 2.75) is 52.4 Å². The van der Waals surface area contributed by atoms with Crippen molar-refractivity contribution in [3.05, 3.63) is 0 Å². The number of nitrogens with zero attached hydrogens (tertiary/aromatic N) is 2. The summed E-state index contributed by atoms with van der Waals surface area (Å²) in [4.78, 5) is 0. The summed E-state index contributed by atoms with van der Waals surface area (Å²) in [5, 5.41) is 4.40. The maximum atomic E-state index is 4.40. The number of hydrogen-bond donors (Lipinski definition) is 0. The molecule has 0 aromatic carbocycles. The summed E-state index contributed by atoms with van der Waals surface area (Å²) in [5.74, 6) is 0. The molecule has 2 heteroatoms. The van der Waals surface area contributed by atoms with Gasteiger partial charge in [-0.1, -0.05) is 37.7 Å². The molecule has 0 heterocycles. The molecule has 0 saturated carbocycles. The molecule has 0 aliphatic rings. The Labute approximate surface area is 89.6 Å². The first-order valence-corrected chi connectivity index (χ1v) is 5.95. The van der Waals surface area contributed by atoms with E-state index in [1.54, 1.807) is 0 Å². The molecular formula is C12H27N2+. The van der Waals surface area contributed by atoms with Gasteiger partial charge in [-0.05, 0) is 19.8 Å². The smallest absolute Gasteiger partial charge is 0.103 e. The lowest BCUT2D eigenvalue weighted by molar-refractivity contribution is -0.896. The highest BCUT2D eigenvalue weighted by molar-refractivity contribution is 5.52. The molecule has 0 rings (SSSR count). The van der Waals surface area contributed by atoms with Gasteiger partial charge in [0.1, 0.15) is 6.54 Å². The highest BCUT2D eigenvalue weighted by Crippen LogP contribution is 2.08. The van der Waals surface area contributed by atoms with E-state index in [9.17, 15) is 0 Å². The maximum Gasteiger partial charge on any atom is 0.103 e. The molecule has 0 N–H and O–H groups in total. The average Bonchev–Trinajstić information content (AvgIpc) is 2.11. The van der Waals surface area contributed by atoms with Crippen LogP contribution in [0.1, 0.15) is 52.4 Å². The Morgan fingerprint density at radius 2 is 1.57 bits per heavy atom. The van der Waals surface area contributed by atoms with E-state index < -0.39 is 0 Å². The fourth-order valence-electron chi connectivity index (χ4n) is 1.65. The molecule has 2 nitrogen and oxygen atoms in total. The lowest BCUT2D eigenvalue weighted by atomic mass is 10.1. The van der Waals surface area contributed by atoms with Crippen molar-refractivity contribution in [2.75, 3.05) is 20.6 Å². The van der Waals surface area contributed by atoms with Crippen LogP contribution in [-0.2, 0) is 0 Å². The second kappa shape index (κ2) is 7.98. The van der Waals surface area contributed by atoms with E-state index in [-0.39, 0.29) is 0 Å². The predicted molar refractivity (Wildman–Crippen MR) is 64.5 cm³/mol. The Bertz CT molecular complexity index is 150. The van der Waals surface area contributed by atoms with Crippen molar-refractivity contribution in [1.29, 1.82) is 0 Å². The van der Waals surface area contributed by atoms with Crippen LogP contribution in [0.2, 0.25) is 0 Å². The molecule has 0 fully saturated rings. The molecule has 0 aromatic heterocycles. The largest absolute Gasteiger partial charge is 0.203 e. The lowest BCUT2D eigenvalue weighted by Crippen LogP contribution is -2.34. The highest BCUT2D eigenvalue weighted by atomic mass is 15.6. The SMILES string of the molecule is C/C=N/[N+](C)(C)CCCCCCCC. The number of rotatable bonds is 8. The van der Waals surface area contributed by atoms with E-state index in [4.69, 9.17) is 0 Å². The fraction of sp³-hybridized carbons (Fsp3) is 0.917. The number of unbranched alkanes of at least 4 members (excludes halogenated alkanes) is 5. The van der Waals surface area contributed by atoms with Gasteiger partial charge in [-0.25, -0.2) is 4.59 Å². The quantitative estimate of drug-likeness (QED) is 0.246. The van der Waals surface area contributed by atoms with Gasteiger partial charge in [0, 0.05) is 0 Å². The molecule has 0 unspecified atom stereocenters. The summed E-state index contributed by atoms with van der Waals surface area (Å²) in [6.07, 6.45) is 10.1. The zero-order valence-corrected chi connectivity index (χ0v) is 10.4. The molecule has 0 aliphatic carbocycles. The first-order chi connectivity index (χ1) is 6.62. The van der Waals surface area contributed by atoms with Crippen LogP contribution in [0, 0.1) is 0 Å². The predicted octanol–water partition coefficient (Wildman–Crippen LogP) is 3.43. The third-order valence-corrected chi connectivity index (χ3v) is 2.49. The van der Waals surface area contributed by atoms with Crippen LogP contribution in [0.3, 0.4) is 0 Å². The van der Waals surface area contributed by atoms with E-state index in [0.29, 0.717) is 0 Å². The van der Waals surface area contributed by atoms with Crippen LogP contribution in [0.5, 0.6) is 0 Å². The van der Waals surface area contributed by atoms with Gasteiger partial charge >= 0.3 is 0 Å². The third-order valence-electron chi connectivity index (χ3n) is 2.49. The molecule has 0 atom stereocenters. The zero-order valence-electron chi connectivity index (χ0n) is 10.4. The summed E-state index contributed by atoms with van der Waals surface area (Å²) in [6, 6.07) is 0. The van der Waals surface area contributed by atoms with Gasteiger partial charge in [0.15, 0.2) is 0 Å². The maximum absolute atomic E-state index is 4.40. The number of quaternary nitrogens is 1. The van der Waals surface area contributed by atoms with Crippen molar-refractivity contribution in [3.8, 4) is 0 Å². The van der Waals surface area contributed by atoms with Crippen LogP contribution < -0.4 is 0 Å². The van der Waals surface area contributed by atoms with Crippen molar-refractivity contribution in [1.82, 2.24) is 0 Å². The minimum Gasteiger partial charge on any atom is -0.203 e. The summed E-state index contributed by atoms with van der Waals surface area (Å²) in [6.45, 7) is 5.41. The summed E-state index contributed by atoms with van der Waals surface area (Å²) < 4.78 is 0.782. The van der Waals surface area contributed by atoms with Crippen LogP contribution in [0.15, 0.2) is 5.10 Å². The monoisotopic (exact) mass is 199 g/mol. The topological polar surface area (TPSA) is 12.4 Å². The van der Waals surface area contributed by atoms with Crippen molar-refractivity contribution in [2.24, 2.45) is 5.10 Å². The highest BCUT2D eigenvalue weighted by Gasteiger charge is 2.11. The van der Waals surface area contributed by atoms with Crippen molar-refractivity contribution >= 4 is 6.21 Å². The normalized spacial score (nSPS) is 12.6. The molecule has 0 aliphatic heterocycles. The van der Waals surface area contributed by atoms with Gasteiger partial charge < -0.3 is 0 Å². The molecule has 0 saturated heterocycles. The second-order valence-electron chi connectivity index (χ2n) is 4.49. The lowest BCUT2D eigenvalue weighted by Gasteiger charge is -2.21. The first-order valence-electron chi connectivity index (χ1n) is 5.95. The molecule has 0 bridgehead atoms. The Morgan fingerprint density at radius 3 is 2.14 bits per heavy atom. The third kappa shape index (κ3) is 8.24. The fourth-order valence-corrected chi connectivity index (χ4v) is 1.65. The number of hydrogen-bond acceptors (Lipinski definition) is 1. The van der Waals surface area contributed by atoms with E-state index in [1.165, 1.54) is 38.5 Å². The van der Waals surface area contributed by atoms with Crippen LogP contribution >= 0.6 is 0 Å². The van der Waals surface area contributed by atoms with E-state index in [2.05, 4.69) is 26.1 Å². The molecule has 0 amide bonds. The summed E-state index contributed by atoms with van der Waals surface area (Å²) in [5.41, 5.74) is 0. The van der Waals surface area contributed by atoms with Gasteiger partial charge in [0.25, 0.3) is 0 Å². The Hall–Kier alpha value is -0.370. The van der Waals surface area contributed by atoms with Crippen LogP contribution in [0.25, 0.3) is 0 Å². The van der Waals surface area contributed by atoms with E-state index in [0.717, 1.165) is 11.1 Å². The first kappa shape index (κ1) is 13.6. The molecule has 0 radical (unpaired) electrons. The zero-order chi connectivity index (χ0) is 10.9.